The number of nitrogen functional groups attached to an aromatic ring is 1. The van der Waals surface area contributed by atoms with Gasteiger partial charge in [-0.25, -0.2) is 0 Å². The van der Waals surface area contributed by atoms with Crippen LogP contribution in [0.2, 0.25) is 0 Å². The molecule has 5 heteroatoms. The Morgan fingerprint density at radius 1 is 1.47 bits per heavy atom. The minimum atomic E-state index is 0.120. The van der Waals surface area contributed by atoms with Crippen LogP contribution in [0.3, 0.4) is 0 Å². The van der Waals surface area contributed by atoms with E-state index in [0.717, 1.165) is 18.4 Å². The summed E-state index contributed by atoms with van der Waals surface area (Å²) >= 11 is 0. The highest BCUT2D eigenvalue weighted by Gasteiger charge is 2.19. The van der Waals surface area contributed by atoms with Crippen LogP contribution >= 0.6 is 0 Å². The first kappa shape index (κ1) is 10.3. The first-order valence-electron chi connectivity index (χ1n) is 5.57. The largest absolute Gasteiger partial charge is 0.390 e. The summed E-state index contributed by atoms with van der Waals surface area (Å²) in [7, 11) is 0. The normalized spacial score (nSPS) is 26.5. The van der Waals surface area contributed by atoms with E-state index < -0.39 is 0 Å². The molecule has 0 radical (unpaired) electrons. The molecule has 0 spiro atoms. The summed E-state index contributed by atoms with van der Waals surface area (Å²) in [4.78, 5) is 0. The monoisotopic (exact) mass is 210 g/mol. The Morgan fingerprint density at radius 3 is 3.00 bits per heavy atom. The van der Waals surface area contributed by atoms with Crippen LogP contribution in [-0.4, -0.2) is 16.7 Å². The third kappa shape index (κ3) is 2.84. The molecular formula is C10H18N4O. The number of nitrogens with two attached hydrogens (primary N) is 1. The Bertz CT molecular complexity index is 312. The van der Waals surface area contributed by atoms with Crippen molar-refractivity contribution in [2.45, 2.75) is 32.6 Å². The molecule has 15 heavy (non-hydrogen) atoms. The van der Waals surface area contributed by atoms with Crippen molar-refractivity contribution in [1.29, 1.82) is 0 Å². The van der Waals surface area contributed by atoms with Gasteiger partial charge in [-0.15, -0.1) is 0 Å². The Kier molecular flexibility index (Phi) is 3.08. The highest BCUT2D eigenvalue weighted by atomic mass is 16.4. The molecule has 2 unspecified atom stereocenters. The number of nitrogens with one attached hydrogen (secondary N) is 1. The smallest absolute Gasteiger partial charge is 0.316 e. The first-order chi connectivity index (χ1) is 7.24. The maximum absolute atomic E-state index is 5.33. The van der Waals surface area contributed by atoms with E-state index in [1.165, 1.54) is 25.7 Å². The maximum Gasteiger partial charge on any atom is 0.316 e. The van der Waals surface area contributed by atoms with Crippen molar-refractivity contribution in [2.24, 2.45) is 11.8 Å². The third-order valence-electron chi connectivity index (χ3n) is 3.03. The highest BCUT2D eigenvalue weighted by Crippen LogP contribution is 2.28. The lowest BCUT2D eigenvalue weighted by Crippen LogP contribution is -2.21. The summed E-state index contributed by atoms with van der Waals surface area (Å²) in [6, 6.07) is 0.556. The molecule has 84 valence electrons. The summed E-state index contributed by atoms with van der Waals surface area (Å²) in [5.41, 5.74) is 5.33. The van der Waals surface area contributed by atoms with E-state index in [1.807, 2.05) is 0 Å². The molecule has 3 N–H and O–H groups in total. The third-order valence-corrected chi connectivity index (χ3v) is 3.03. The fourth-order valence-corrected chi connectivity index (χ4v) is 2.28. The lowest BCUT2D eigenvalue weighted by atomic mass is 9.82. The molecule has 5 nitrogen and oxygen atoms in total. The molecule has 1 aromatic heterocycles. The zero-order valence-corrected chi connectivity index (χ0v) is 9.07. The quantitative estimate of drug-likeness (QED) is 0.796. The Labute approximate surface area is 89.4 Å². The molecule has 1 aromatic rings. The summed E-state index contributed by atoms with van der Waals surface area (Å²) < 4.78 is 5.05. The molecule has 1 aliphatic rings. The zero-order chi connectivity index (χ0) is 10.7. The molecule has 0 bridgehead atoms. The number of hydrogen-bond acceptors (Lipinski definition) is 5. The Morgan fingerprint density at radius 2 is 2.33 bits per heavy atom. The van der Waals surface area contributed by atoms with Gasteiger partial charge in [0.05, 0.1) is 0 Å². The van der Waals surface area contributed by atoms with Gasteiger partial charge in [-0.2, -0.15) is 0 Å². The van der Waals surface area contributed by atoms with Crippen LogP contribution < -0.4 is 11.1 Å². The Balaban J connectivity index is 1.77. The topological polar surface area (TPSA) is 77.0 Å². The average Bonchev–Trinajstić information content (AvgIpc) is 2.62. The Hall–Kier alpha value is -1.26. The molecule has 0 amide bonds. The van der Waals surface area contributed by atoms with Gasteiger partial charge in [0.2, 0.25) is 0 Å². The van der Waals surface area contributed by atoms with Crippen LogP contribution in [0.5, 0.6) is 0 Å². The lowest BCUT2D eigenvalue weighted by Gasteiger charge is -2.26. The lowest BCUT2D eigenvalue weighted by molar-refractivity contribution is 0.292. The SMILES string of the molecule is CC1CCCC(CNc2nnc(N)o2)C1. The molecule has 0 saturated heterocycles. The predicted molar refractivity (Wildman–Crippen MR) is 58.3 cm³/mol. The molecule has 1 saturated carbocycles. The summed E-state index contributed by atoms with van der Waals surface area (Å²) in [6.07, 6.45) is 5.28. The van der Waals surface area contributed by atoms with Gasteiger partial charge in [0, 0.05) is 6.54 Å². The zero-order valence-electron chi connectivity index (χ0n) is 9.07. The summed E-state index contributed by atoms with van der Waals surface area (Å²) in [5, 5.41) is 10.5. The van der Waals surface area contributed by atoms with Gasteiger partial charge >= 0.3 is 12.0 Å². The van der Waals surface area contributed by atoms with Gasteiger partial charge in [0.25, 0.3) is 0 Å². The minimum Gasteiger partial charge on any atom is -0.390 e. The van der Waals surface area contributed by atoms with Crippen molar-refractivity contribution < 1.29 is 4.42 Å². The molecule has 2 rings (SSSR count). The van der Waals surface area contributed by atoms with Gasteiger partial charge in [-0.1, -0.05) is 30.0 Å². The summed E-state index contributed by atoms with van der Waals surface area (Å²) in [5.74, 6) is 1.57. The minimum absolute atomic E-state index is 0.120. The van der Waals surface area contributed by atoms with E-state index in [9.17, 15) is 0 Å². The molecular weight excluding hydrogens is 192 g/mol. The van der Waals surface area contributed by atoms with E-state index in [1.54, 1.807) is 0 Å². The van der Waals surface area contributed by atoms with E-state index >= 15 is 0 Å². The van der Waals surface area contributed by atoms with Crippen LogP contribution in [0.4, 0.5) is 12.0 Å². The van der Waals surface area contributed by atoms with E-state index in [-0.39, 0.29) is 6.01 Å². The average molecular weight is 210 g/mol. The molecule has 1 fully saturated rings. The van der Waals surface area contributed by atoms with E-state index in [4.69, 9.17) is 10.2 Å². The van der Waals surface area contributed by atoms with Crippen molar-refractivity contribution in [3.63, 3.8) is 0 Å². The van der Waals surface area contributed by atoms with Crippen molar-refractivity contribution in [1.82, 2.24) is 10.2 Å². The second kappa shape index (κ2) is 4.51. The van der Waals surface area contributed by atoms with Crippen LogP contribution in [0.25, 0.3) is 0 Å². The number of rotatable bonds is 3. The molecule has 1 heterocycles. The van der Waals surface area contributed by atoms with E-state index in [0.29, 0.717) is 6.01 Å². The maximum atomic E-state index is 5.33. The van der Waals surface area contributed by atoms with Crippen LogP contribution in [0.15, 0.2) is 4.42 Å². The summed E-state index contributed by atoms with van der Waals surface area (Å²) in [6.45, 7) is 3.23. The molecule has 0 aliphatic heterocycles. The predicted octanol–water partition coefficient (Wildman–Crippen LogP) is 1.89. The van der Waals surface area contributed by atoms with Crippen molar-refractivity contribution in [2.75, 3.05) is 17.6 Å². The molecule has 2 atom stereocenters. The van der Waals surface area contributed by atoms with Gasteiger partial charge in [0.1, 0.15) is 0 Å². The number of aromatic nitrogens is 2. The first-order valence-corrected chi connectivity index (χ1v) is 5.57. The van der Waals surface area contributed by atoms with Crippen molar-refractivity contribution in [3.05, 3.63) is 0 Å². The number of hydrogen-bond donors (Lipinski definition) is 2. The van der Waals surface area contributed by atoms with Gasteiger partial charge < -0.3 is 15.5 Å². The highest BCUT2D eigenvalue weighted by molar-refractivity contribution is 5.22. The standard InChI is InChI=1S/C10H18N4O/c1-7-3-2-4-8(5-7)6-12-10-14-13-9(11)15-10/h7-8H,2-6H2,1H3,(H2,11,13)(H,12,14). The van der Waals surface area contributed by atoms with Gasteiger partial charge in [-0.3, -0.25) is 0 Å². The second-order valence-corrected chi connectivity index (χ2v) is 4.46. The van der Waals surface area contributed by atoms with Crippen LogP contribution in [0, 0.1) is 11.8 Å². The fraction of sp³-hybridized carbons (Fsp3) is 0.800. The molecule has 0 aromatic carbocycles. The number of anilines is 2. The van der Waals surface area contributed by atoms with Gasteiger partial charge in [0.15, 0.2) is 0 Å². The second-order valence-electron chi connectivity index (χ2n) is 4.46. The fourth-order valence-electron chi connectivity index (χ4n) is 2.28. The van der Waals surface area contributed by atoms with Gasteiger partial charge in [-0.05, 0) is 24.7 Å². The number of nitrogens with zero attached hydrogens (tertiary/aromatic N) is 2. The van der Waals surface area contributed by atoms with E-state index in [2.05, 4.69) is 22.4 Å². The van der Waals surface area contributed by atoms with Crippen LogP contribution in [0.1, 0.15) is 32.6 Å². The van der Waals surface area contributed by atoms with Crippen LogP contribution in [-0.2, 0) is 0 Å². The van der Waals surface area contributed by atoms with Crippen molar-refractivity contribution >= 4 is 12.0 Å². The molecule has 1 aliphatic carbocycles. The van der Waals surface area contributed by atoms with Crippen molar-refractivity contribution in [3.8, 4) is 0 Å².